The highest BCUT2D eigenvalue weighted by Crippen LogP contribution is 2.64. The Hall–Kier alpha value is -5.73. The topological polar surface area (TPSA) is 132 Å². The maximum absolute atomic E-state index is 15.3. The average molecular weight is 800 g/mol. The fourth-order valence-electron chi connectivity index (χ4n) is 9.23. The number of carbonyl (C=O) groups is 4. The third-order valence-corrected chi connectivity index (χ3v) is 12.0. The molecular weight excluding hydrogens is 763 g/mol. The molecule has 6 atom stereocenters. The summed E-state index contributed by atoms with van der Waals surface area (Å²) in [5, 5.41) is 12.0. The number of nitrogens with one attached hydrogen (secondary N) is 1. The molecular formula is C42H37ClF3N5O6. The Kier molecular flexibility index (Phi) is 9.60. The molecule has 0 spiro atoms. The molecule has 3 fully saturated rings. The van der Waals surface area contributed by atoms with Crippen LogP contribution in [0.1, 0.15) is 41.1 Å². The summed E-state index contributed by atoms with van der Waals surface area (Å²) in [5.41, 5.74) is 3.74. The van der Waals surface area contributed by atoms with E-state index in [1.54, 1.807) is 48.5 Å². The average Bonchev–Trinajstić information content (AvgIpc) is 3.58. The summed E-state index contributed by atoms with van der Waals surface area (Å²) in [4.78, 5) is 62.7. The van der Waals surface area contributed by atoms with Crippen molar-refractivity contribution in [3.8, 4) is 5.75 Å². The number of pyridine rings is 1. The number of amides is 4. The van der Waals surface area contributed by atoms with Crippen LogP contribution >= 0.6 is 11.6 Å². The maximum Gasteiger partial charge on any atom is 0.433 e. The van der Waals surface area contributed by atoms with Crippen LogP contribution in [-0.4, -0.2) is 64.0 Å². The van der Waals surface area contributed by atoms with Gasteiger partial charge in [-0.15, -0.1) is 0 Å². The first kappa shape index (κ1) is 38.2. The summed E-state index contributed by atoms with van der Waals surface area (Å²) in [6.07, 6.45) is -2.82. The summed E-state index contributed by atoms with van der Waals surface area (Å²) in [6.45, 7) is 1.78. The van der Waals surface area contributed by atoms with E-state index >= 15 is 4.79 Å². The number of aliphatic hydroxyl groups is 1. The minimum Gasteiger partial charge on any atom is -0.491 e. The zero-order valence-corrected chi connectivity index (χ0v) is 31.5. The number of fused-ring (bicyclic) bond motifs is 4. The summed E-state index contributed by atoms with van der Waals surface area (Å²) in [5.74, 6) is -6.76. The predicted octanol–water partition coefficient (Wildman–Crippen LogP) is 6.47. The number of anilines is 2. The van der Waals surface area contributed by atoms with E-state index in [0.29, 0.717) is 34.2 Å². The van der Waals surface area contributed by atoms with Gasteiger partial charge in [0, 0.05) is 13.0 Å². The SMILES string of the molecule is Cc1ccc(NN2C(=O)C3CC4C(=CCC5C(=O)N(N(C)c6nc(C(F)(F)F)ccc6Cl)C(=O)C54)C(c4ccc(OCCO)cc4)C3(c3ccccc3)C2=O)cc1. The second kappa shape index (κ2) is 14.3. The summed E-state index contributed by atoms with van der Waals surface area (Å²) in [6, 6.07) is 25.0. The van der Waals surface area contributed by atoms with Gasteiger partial charge in [0.05, 0.1) is 40.5 Å². The quantitative estimate of drug-likeness (QED) is 0.145. The van der Waals surface area contributed by atoms with Gasteiger partial charge in [0.2, 0.25) is 0 Å². The molecule has 4 aliphatic rings. The number of alkyl halides is 3. The molecule has 4 aromatic rings. The van der Waals surface area contributed by atoms with Crippen molar-refractivity contribution in [3.63, 3.8) is 0 Å². The second-order valence-corrected chi connectivity index (χ2v) is 15.2. The van der Waals surface area contributed by atoms with Crippen molar-refractivity contribution in [2.45, 2.75) is 37.3 Å². The van der Waals surface area contributed by atoms with Crippen LogP contribution in [0.5, 0.6) is 5.75 Å². The van der Waals surface area contributed by atoms with E-state index in [0.717, 1.165) is 26.7 Å². The molecule has 2 saturated heterocycles. The third-order valence-electron chi connectivity index (χ3n) is 11.7. The monoisotopic (exact) mass is 799 g/mol. The fraction of sp³-hybridized carbons (Fsp3) is 0.310. The summed E-state index contributed by atoms with van der Waals surface area (Å²) in [7, 11) is 1.26. The van der Waals surface area contributed by atoms with Crippen molar-refractivity contribution in [2.75, 3.05) is 30.7 Å². The lowest BCUT2D eigenvalue weighted by molar-refractivity contribution is -0.142. The van der Waals surface area contributed by atoms with Crippen molar-refractivity contribution in [3.05, 3.63) is 130 Å². The number of hydrogen-bond acceptors (Lipinski definition) is 9. The minimum absolute atomic E-state index is 0.0197. The highest BCUT2D eigenvalue weighted by molar-refractivity contribution is 6.33. The molecule has 4 amide bonds. The van der Waals surface area contributed by atoms with Crippen molar-refractivity contribution >= 4 is 46.7 Å². The molecule has 0 bridgehead atoms. The second-order valence-electron chi connectivity index (χ2n) is 14.7. The number of nitrogens with zero attached hydrogens (tertiary/aromatic N) is 4. The lowest BCUT2D eigenvalue weighted by Gasteiger charge is -2.50. The Balaban J connectivity index is 1.26. The third kappa shape index (κ3) is 6.13. The number of rotatable bonds is 9. The number of aliphatic hydroxyl groups excluding tert-OH is 1. The molecule has 1 aromatic heterocycles. The number of aromatic nitrogens is 1. The number of imide groups is 2. The molecule has 1 saturated carbocycles. The van der Waals surface area contributed by atoms with Gasteiger partial charge < -0.3 is 9.84 Å². The molecule has 15 heteroatoms. The lowest BCUT2D eigenvalue weighted by atomic mass is 9.49. The van der Waals surface area contributed by atoms with Crippen molar-refractivity contribution < 1.29 is 42.2 Å². The Morgan fingerprint density at radius 2 is 1.63 bits per heavy atom. The van der Waals surface area contributed by atoms with Gasteiger partial charge in [-0.25, -0.2) is 4.98 Å². The van der Waals surface area contributed by atoms with Gasteiger partial charge >= 0.3 is 6.18 Å². The standard InChI is InChI=1S/C42H37ClF3N5O6/c1-23-8-12-26(13-9-23)48-50-38(54)31-22-30-28(35(24-10-14-27(15-11-24)57-21-20-52)41(31,40(50)56)25-6-4-3-5-7-25)16-17-29-34(30)39(55)51(37(29)53)49(2)36-32(43)18-19-33(47-36)42(44,45)46/h3-16,18-19,29-31,34-35,48,52H,17,20-22H2,1-2H3. The predicted molar refractivity (Wildman–Crippen MR) is 202 cm³/mol. The smallest absolute Gasteiger partial charge is 0.433 e. The van der Waals surface area contributed by atoms with Gasteiger partial charge in [-0.3, -0.25) is 29.6 Å². The Morgan fingerprint density at radius 3 is 2.30 bits per heavy atom. The van der Waals surface area contributed by atoms with E-state index in [2.05, 4.69) is 10.4 Å². The maximum atomic E-state index is 15.3. The number of ether oxygens (including phenoxy) is 1. The van der Waals surface area contributed by atoms with Crippen molar-refractivity contribution in [1.82, 2.24) is 15.0 Å². The Labute approximate surface area is 330 Å². The van der Waals surface area contributed by atoms with E-state index in [1.807, 2.05) is 43.3 Å². The molecule has 57 heavy (non-hydrogen) atoms. The molecule has 8 rings (SSSR count). The van der Waals surface area contributed by atoms with Gasteiger partial charge in [0.15, 0.2) is 5.82 Å². The van der Waals surface area contributed by atoms with E-state index in [1.165, 1.54) is 7.05 Å². The van der Waals surface area contributed by atoms with E-state index < -0.39 is 76.3 Å². The fourth-order valence-corrected chi connectivity index (χ4v) is 9.46. The first-order chi connectivity index (χ1) is 27.3. The summed E-state index contributed by atoms with van der Waals surface area (Å²) >= 11 is 6.32. The number of halogens is 4. The van der Waals surface area contributed by atoms with Crippen LogP contribution < -0.4 is 15.2 Å². The van der Waals surface area contributed by atoms with Crippen LogP contribution in [0.4, 0.5) is 24.7 Å². The van der Waals surface area contributed by atoms with Crippen LogP contribution in [-0.2, 0) is 30.8 Å². The number of aryl methyl sites for hydroxylation is 1. The molecule has 3 aromatic carbocycles. The summed E-state index contributed by atoms with van der Waals surface area (Å²) < 4.78 is 46.8. The number of hydrogen-bond donors (Lipinski definition) is 2. The van der Waals surface area contributed by atoms with E-state index in [-0.39, 0.29) is 31.1 Å². The minimum atomic E-state index is -4.81. The zero-order chi connectivity index (χ0) is 40.4. The van der Waals surface area contributed by atoms with Crippen LogP contribution in [0, 0.1) is 30.6 Å². The lowest BCUT2D eigenvalue weighted by Crippen LogP contribution is -2.53. The first-order valence-electron chi connectivity index (χ1n) is 18.4. The number of allylic oxidation sites excluding steroid dienone is 2. The largest absolute Gasteiger partial charge is 0.491 e. The van der Waals surface area contributed by atoms with E-state index in [9.17, 15) is 32.7 Å². The molecule has 2 aliphatic carbocycles. The van der Waals surface area contributed by atoms with Crippen LogP contribution in [0.25, 0.3) is 0 Å². The zero-order valence-electron chi connectivity index (χ0n) is 30.7. The number of hydrazine groups is 2. The van der Waals surface area contributed by atoms with Gasteiger partial charge in [0.1, 0.15) is 18.1 Å². The molecule has 2 N–H and O–H groups in total. The van der Waals surface area contributed by atoms with Gasteiger partial charge in [-0.2, -0.15) is 23.2 Å². The van der Waals surface area contributed by atoms with Gasteiger partial charge in [0.25, 0.3) is 23.6 Å². The normalized spacial score (nSPS) is 25.5. The molecule has 11 nitrogen and oxygen atoms in total. The van der Waals surface area contributed by atoms with E-state index in [4.69, 9.17) is 16.3 Å². The Bertz CT molecular complexity index is 2290. The van der Waals surface area contributed by atoms with Crippen molar-refractivity contribution in [1.29, 1.82) is 0 Å². The highest BCUT2D eigenvalue weighted by atomic mass is 35.5. The first-order valence-corrected chi connectivity index (χ1v) is 18.8. The molecule has 294 valence electrons. The number of benzene rings is 3. The van der Waals surface area contributed by atoms with Crippen molar-refractivity contribution in [2.24, 2.45) is 23.7 Å². The van der Waals surface area contributed by atoms with Gasteiger partial charge in [-0.1, -0.05) is 83.4 Å². The molecule has 3 heterocycles. The number of carbonyl (C=O) groups excluding carboxylic acids is 4. The molecule has 6 unspecified atom stereocenters. The van der Waals surface area contributed by atoms with Crippen LogP contribution in [0.3, 0.4) is 0 Å². The highest BCUT2D eigenvalue weighted by Gasteiger charge is 2.70. The Morgan fingerprint density at radius 1 is 0.930 bits per heavy atom. The molecule has 0 radical (unpaired) electrons. The van der Waals surface area contributed by atoms with Crippen LogP contribution in [0.2, 0.25) is 5.02 Å². The molecule has 2 aliphatic heterocycles. The van der Waals surface area contributed by atoms with Gasteiger partial charge in [-0.05, 0) is 73.2 Å². The van der Waals surface area contributed by atoms with Crippen LogP contribution in [0.15, 0.2) is 103 Å².